The van der Waals surface area contributed by atoms with Crippen molar-refractivity contribution in [3.05, 3.63) is 28.3 Å². The smallest absolute Gasteiger partial charge is 0.313 e. The number of rotatable bonds is 1. The maximum atomic E-state index is 11.3. The van der Waals surface area contributed by atoms with Crippen molar-refractivity contribution in [1.82, 2.24) is 0 Å². The van der Waals surface area contributed by atoms with E-state index in [4.69, 9.17) is 5.73 Å². The molecule has 0 unspecified atom stereocenters. The minimum Gasteiger partial charge on any atom is -0.361 e. The fourth-order valence-electron chi connectivity index (χ4n) is 1.58. The molecule has 0 aromatic heterocycles. The third-order valence-electron chi connectivity index (χ3n) is 2.83. The van der Waals surface area contributed by atoms with Gasteiger partial charge in [0, 0.05) is 5.69 Å². The van der Waals surface area contributed by atoms with Crippen LogP contribution in [-0.2, 0) is 9.59 Å². The van der Waals surface area contributed by atoms with E-state index in [2.05, 4.69) is 5.32 Å². The number of aryl methyl sites for hydroxylation is 2. The molecule has 0 spiro atoms. The number of hydrogen-bond acceptors (Lipinski definition) is 2. The summed E-state index contributed by atoms with van der Waals surface area (Å²) < 4.78 is 0. The molecule has 0 aliphatic rings. The Labute approximate surface area is 94.8 Å². The molecule has 0 bridgehead atoms. The van der Waals surface area contributed by atoms with Crippen LogP contribution in [0.25, 0.3) is 0 Å². The number of hydrogen-bond donors (Lipinski definition) is 2. The third kappa shape index (κ3) is 2.21. The zero-order chi connectivity index (χ0) is 12.5. The van der Waals surface area contributed by atoms with Gasteiger partial charge in [-0.15, -0.1) is 0 Å². The van der Waals surface area contributed by atoms with Crippen LogP contribution in [0.5, 0.6) is 0 Å². The van der Waals surface area contributed by atoms with Crippen LogP contribution in [0.2, 0.25) is 0 Å². The summed E-state index contributed by atoms with van der Waals surface area (Å²) >= 11 is 0. The molecule has 0 saturated heterocycles. The molecular weight excluding hydrogens is 204 g/mol. The van der Waals surface area contributed by atoms with E-state index in [1.165, 1.54) is 0 Å². The number of benzene rings is 1. The zero-order valence-corrected chi connectivity index (χ0v) is 9.97. The fraction of sp³-hybridized carbons (Fsp3) is 0.333. The maximum Gasteiger partial charge on any atom is 0.313 e. The Balaban J connectivity index is 3.22. The van der Waals surface area contributed by atoms with Gasteiger partial charge in [0.05, 0.1) is 0 Å². The molecule has 0 radical (unpaired) electrons. The lowest BCUT2D eigenvalue weighted by atomic mass is 9.98. The topological polar surface area (TPSA) is 72.2 Å². The van der Waals surface area contributed by atoms with Crippen LogP contribution >= 0.6 is 0 Å². The first-order valence-electron chi connectivity index (χ1n) is 5.02. The molecule has 0 saturated carbocycles. The first-order chi connectivity index (χ1) is 7.34. The molecule has 1 rings (SSSR count). The zero-order valence-electron chi connectivity index (χ0n) is 9.97. The largest absolute Gasteiger partial charge is 0.361 e. The summed E-state index contributed by atoms with van der Waals surface area (Å²) in [5, 5.41) is 2.55. The number of anilines is 1. The number of nitrogens with one attached hydrogen (secondary N) is 1. The van der Waals surface area contributed by atoms with Gasteiger partial charge >= 0.3 is 11.8 Å². The van der Waals surface area contributed by atoms with E-state index in [0.29, 0.717) is 5.69 Å². The predicted molar refractivity (Wildman–Crippen MR) is 63.2 cm³/mol. The van der Waals surface area contributed by atoms with Gasteiger partial charge in [0.1, 0.15) is 0 Å². The molecule has 2 amide bonds. The van der Waals surface area contributed by atoms with Crippen LogP contribution < -0.4 is 11.1 Å². The first kappa shape index (κ1) is 12.2. The van der Waals surface area contributed by atoms with Crippen molar-refractivity contribution in [3.8, 4) is 0 Å². The molecule has 0 fully saturated rings. The summed E-state index contributed by atoms with van der Waals surface area (Å²) in [4.78, 5) is 22.0. The Kier molecular flexibility index (Phi) is 3.32. The average molecular weight is 220 g/mol. The van der Waals surface area contributed by atoms with Gasteiger partial charge in [-0.25, -0.2) is 0 Å². The highest BCUT2D eigenvalue weighted by Crippen LogP contribution is 2.26. The van der Waals surface area contributed by atoms with Crippen molar-refractivity contribution in [3.63, 3.8) is 0 Å². The average Bonchev–Trinajstić information content (AvgIpc) is 2.21. The van der Waals surface area contributed by atoms with Gasteiger partial charge < -0.3 is 11.1 Å². The van der Waals surface area contributed by atoms with Crippen molar-refractivity contribution < 1.29 is 9.59 Å². The van der Waals surface area contributed by atoms with Crippen molar-refractivity contribution >= 4 is 17.5 Å². The summed E-state index contributed by atoms with van der Waals surface area (Å²) in [7, 11) is 0. The summed E-state index contributed by atoms with van der Waals surface area (Å²) in [5.74, 6) is -1.76. The number of amides is 2. The van der Waals surface area contributed by atoms with Crippen LogP contribution in [0.3, 0.4) is 0 Å². The molecule has 3 N–H and O–H groups in total. The summed E-state index contributed by atoms with van der Waals surface area (Å²) in [5.41, 5.74) is 9.65. The molecule has 86 valence electrons. The highest BCUT2D eigenvalue weighted by molar-refractivity contribution is 6.39. The van der Waals surface area contributed by atoms with Gasteiger partial charge in [-0.05, 0) is 49.9 Å². The van der Waals surface area contributed by atoms with E-state index in [1.54, 1.807) is 0 Å². The fourth-order valence-corrected chi connectivity index (χ4v) is 1.58. The molecule has 4 heteroatoms. The van der Waals surface area contributed by atoms with Crippen molar-refractivity contribution in [2.24, 2.45) is 5.73 Å². The molecular formula is C12H16N2O2. The Hall–Kier alpha value is -1.84. The standard InChI is InChI=1S/C12H16N2O2/c1-6-5-7(2)9(4)10(8(6)3)14-12(16)11(13)15/h5H,1-4H3,(H2,13,15)(H,14,16). The Bertz CT molecular complexity index is 438. The molecule has 1 aromatic carbocycles. The molecule has 4 nitrogen and oxygen atoms in total. The van der Waals surface area contributed by atoms with E-state index in [0.717, 1.165) is 22.3 Å². The minimum absolute atomic E-state index is 0.682. The van der Waals surface area contributed by atoms with Crippen molar-refractivity contribution in [1.29, 1.82) is 0 Å². The number of nitrogens with two attached hydrogens (primary N) is 1. The highest BCUT2D eigenvalue weighted by atomic mass is 16.2. The second-order valence-corrected chi connectivity index (χ2v) is 3.95. The minimum atomic E-state index is -0.974. The van der Waals surface area contributed by atoms with Gasteiger partial charge in [0.15, 0.2) is 0 Å². The molecule has 0 heterocycles. The number of primary amides is 1. The molecule has 16 heavy (non-hydrogen) atoms. The van der Waals surface area contributed by atoms with E-state index in [-0.39, 0.29) is 0 Å². The van der Waals surface area contributed by atoms with Crippen LogP contribution in [-0.4, -0.2) is 11.8 Å². The van der Waals surface area contributed by atoms with E-state index < -0.39 is 11.8 Å². The van der Waals surface area contributed by atoms with Gasteiger partial charge in [-0.2, -0.15) is 0 Å². The predicted octanol–water partition coefficient (Wildman–Crippen LogP) is 1.34. The van der Waals surface area contributed by atoms with Crippen LogP contribution in [0.4, 0.5) is 5.69 Å². The van der Waals surface area contributed by atoms with Crippen LogP contribution in [0, 0.1) is 27.7 Å². The second kappa shape index (κ2) is 4.35. The van der Waals surface area contributed by atoms with Gasteiger partial charge in [0.2, 0.25) is 0 Å². The lowest BCUT2D eigenvalue weighted by Gasteiger charge is -2.15. The lowest BCUT2D eigenvalue weighted by molar-refractivity contribution is -0.134. The Morgan fingerprint density at radius 2 is 1.50 bits per heavy atom. The number of carbonyl (C=O) groups is 2. The van der Waals surface area contributed by atoms with E-state index in [1.807, 2.05) is 33.8 Å². The van der Waals surface area contributed by atoms with E-state index in [9.17, 15) is 9.59 Å². The molecule has 0 aliphatic carbocycles. The van der Waals surface area contributed by atoms with E-state index >= 15 is 0 Å². The Morgan fingerprint density at radius 1 is 1.06 bits per heavy atom. The van der Waals surface area contributed by atoms with Gasteiger partial charge in [-0.1, -0.05) is 6.07 Å². The lowest BCUT2D eigenvalue weighted by Crippen LogP contribution is -2.30. The summed E-state index contributed by atoms with van der Waals surface area (Å²) in [6, 6.07) is 2.05. The second-order valence-electron chi connectivity index (χ2n) is 3.95. The Morgan fingerprint density at radius 3 is 1.88 bits per heavy atom. The number of carbonyl (C=O) groups excluding carboxylic acids is 2. The maximum absolute atomic E-state index is 11.3. The molecule has 0 aliphatic heterocycles. The van der Waals surface area contributed by atoms with Crippen LogP contribution in [0.15, 0.2) is 6.07 Å². The summed E-state index contributed by atoms with van der Waals surface area (Å²) in [6.07, 6.45) is 0. The van der Waals surface area contributed by atoms with Crippen LogP contribution in [0.1, 0.15) is 22.3 Å². The van der Waals surface area contributed by atoms with Crippen molar-refractivity contribution in [2.75, 3.05) is 5.32 Å². The SMILES string of the molecule is Cc1cc(C)c(C)c(NC(=O)C(N)=O)c1C. The third-order valence-corrected chi connectivity index (χ3v) is 2.83. The van der Waals surface area contributed by atoms with Gasteiger partial charge in [-0.3, -0.25) is 9.59 Å². The normalized spacial score (nSPS) is 10.0. The molecule has 0 atom stereocenters. The summed E-state index contributed by atoms with van der Waals surface area (Å²) in [6.45, 7) is 7.72. The first-order valence-corrected chi connectivity index (χ1v) is 5.02. The highest BCUT2D eigenvalue weighted by Gasteiger charge is 2.14. The molecule has 1 aromatic rings. The monoisotopic (exact) mass is 220 g/mol. The van der Waals surface area contributed by atoms with Gasteiger partial charge in [0.25, 0.3) is 0 Å². The van der Waals surface area contributed by atoms with Crippen molar-refractivity contribution in [2.45, 2.75) is 27.7 Å². The quantitative estimate of drug-likeness (QED) is 0.701.